The first-order chi connectivity index (χ1) is 14.7. The van der Waals surface area contributed by atoms with Crippen LogP contribution in [0, 0.1) is 6.92 Å². The van der Waals surface area contributed by atoms with Crippen LogP contribution in [-0.2, 0) is 29.7 Å². The predicted molar refractivity (Wildman–Crippen MR) is 128 cm³/mol. The molecule has 0 heterocycles. The molecule has 8 nitrogen and oxygen atoms in total. The third-order valence-corrected chi connectivity index (χ3v) is 7.31. The van der Waals surface area contributed by atoms with Crippen molar-refractivity contribution in [2.45, 2.75) is 79.4 Å². The normalized spacial score (nSPS) is 15.1. The van der Waals surface area contributed by atoms with E-state index in [1.165, 1.54) is 0 Å². The summed E-state index contributed by atoms with van der Waals surface area (Å²) in [5, 5.41) is 2.87. The molecule has 1 aromatic rings. The van der Waals surface area contributed by atoms with E-state index in [0.29, 0.717) is 25.3 Å². The number of benzene rings is 1. The van der Waals surface area contributed by atoms with Crippen LogP contribution in [0.15, 0.2) is 18.2 Å². The molecule has 0 spiro atoms. The number of amides is 1. The van der Waals surface area contributed by atoms with Crippen LogP contribution in [0.3, 0.4) is 0 Å². The topological polar surface area (TPSA) is 109 Å². The highest BCUT2D eigenvalue weighted by atomic mass is 31.2. The van der Waals surface area contributed by atoms with Gasteiger partial charge in [-0.25, -0.2) is 4.79 Å². The maximum absolute atomic E-state index is 13.8. The van der Waals surface area contributed by atoms with Gasteiger partial charge in [-0.3, -0.25) is 9.09 Å². The molecule has 3 N–H and O–H groups in total. The molecule has 1 aromatic carbocycles. The van der Waals surface area contributed by atoms with Crippen molar-refractivity contribution in [3.8, 4) is 0 Å². The van der Waals surface area contributed by atoms with E-state index < -0.39 is 31.1 Å². The maximum atomic E-state index is 13.8. The van der Waals surface area contributed by atoms with Gasteiger partial charge in [-0.1, -0.05) is 13.0 Å². The van der Waals surface area contributed by atoms with Crippen LogP contribution in [-0.4, -0.2) is 49.2 Å². The second-order valence-corrected chi connectivity index (χ2v) is 11.7. The van der Waals surface area contributed by atoms with Gasteiger partial charge < -0.3 is 25.3 Å². The number of nitrogens with one attached hydrogen (secondary N) is 1. The molecule has 0 bridgehead atoms. The first-order valence-corrected chi connectivity index (χ1v) is 13.2. The minimum atomic E-state index is -3.26. The summed E-state index contributed by atoms with van der Waals surface area (Å²) in [5.74, 6) is -1.43. The van der Waals surface area contributed by atoms with E-state index in [2.05, 4.69) is 5.32 Å². The molecule has 184 valence electrons. The number of hydrogen-bond acceptors (Lipinski definition) is 7. The Hall–Kier alpha value is -1.60. The van der Waals surface area contributed by atoms with Gasteiger partial charge in [0.1, 0.15) is 5.60 Å². The summed E-state index contributed by atoms with van der Waals surface area (Å²) in [5.41, 5.74) is 7.91. The monoisotopic (exact) mass is 472 g/mol. The van der Waals surface area contributed by atoms with Gasteiger partial charge in [0.15, 0.2) is 0 Å². The number of alkyl carbamates (subject to hydrolysis) is 1. The molecule has 0 aliphatic rings. The van der Waals surface area contributed by atoms with E-state index >= 15 is 0 Å². The lowest BCUT2D eigenvalue weighted by Crippen LogP contribution is -2.43. The van der Waals surface area contributed by atoms with E-state index in [4.69, 9.17) is 24.5 Å². The SMILES string of the molecule is CCOC(C)(OCC)OP(=O)(CC)C[C@@H](Cc1cc(N)ccc1C)NC(=O)OC(C)(C)C. The van der Waals surface area contributed by atoms with Gasteiger partial charge in [0.2, 0.25) is 7.37 Å². The molecule has 1 amide bonds. The van der Waals surface area contributed by atoms with Crippen molar-refractivity contribution in [2.75, 3.05) is 31.3 Å². The fraction of sp³-hybridized carbons (Fsp3) is 0.696. The average molecular weight is 473 g/mol. The van der Waals surface area contributed by atoms with Crippen molar-refractivity contribution in [1.29, 1.82) is 0 Å². The van der Waals surface area contributed by atoms with E-state index in [9.17, 15) is 9.36 Å². The maximum Gasteiger partial charge on any atom is 0.407 e. The van der Waals surface area contributed by atoms with Crippen LogP contribution >= 0.6 is 7.37 Å². The summed E-state index contributed by atoms with van der Waals surface area (Å²) in [7, 11) is -3.26. The fourth-order valence-corrected chi connectivity index (χ4v) is 5.36. The van der Waals surface area contributed by atoms with Gasteiger partial charge in [0.05, 0.1) is 0 Å². The molecule has 0 saturated heterocycles. The van der Waals surface area contributed by atoms with E-state index in [0.717, 1.165) is 11.1 Å². The molecule has 2 atom stereocenters. The summed E-state index contributed by atoms with van der Waals surface area (Å²) < 4.78 is 36.4. The van der Waals surface area contributed by atoms with E-state index in [1.54, 1.807) is 34.6 Å². The first kappa shape index (κ1) is 28.4. The minimum Gasteiger partial charge on any atom is -0.444 e. The van der Waals surface area contributed by atoms with Crippen LogP contribution < -0.4 is 11.1 Å². The number of hydrogen-bond donors (Lipinski definition) is 2. The van der Waals surface area contributed by atoms with Crippen molar-refractivity contribution >= 4 is 19.1 Å². The highest BCUT2D eigenvalue weighted by Gasteiger charge is 2.38. The van der Waals surface area contributed by atoms with Crippen molar-refractivity contribution in [2.24, 2.45) is 0 Å². The Labute approximate surface area is 193 Å². The molecule has 0 aliphatic heterocycles. The van der Waals surface area contributed by atoms with E-state index in [1.807, 2.05) is 39.0 Å². The second-order valence-electron chi connectivity index (χ2n) is 8.87. The summed E-state index contributed by atoms with van der Waals surface area (Å²) in [6.45, 7) is 15.0. The Morgan fingerprint density at radius 3 is 2.22 bits per heavy atom. The van der Waals surface area contributed by atoms with Gasteiger partial charge in [0.25, 0.3) is 5.97 Å². The zero-order valence-electron chi connectivity index (χ0n) is 20.8. The van der Waals surface area contributed by atoms with Crippen LogP contribution in [0.1, 0.15) is 59.6 Å². The van der Waals surface area contributed by atoms with Crippen molar-refractivity contribution in [3.63, 3.8) is 0 Å². The Bertz CT molecular complexity index is 787. The van der Waals surface area contributed by atoms with Gasteiger partial charge >= 0.3 is 6.09 Å². The fourth-order valence-electron chi connectivity index (χ4n) is 3.30. The smallest absolute Gasteiger partial charge is 0.407 e. The van der Waals surface area contributed by atoms with E-state index in [-0.39, 0.29) is 12.3 Å². The highest BCUT2D eigenvalue weighted by Crippen LogP contribution is 2.51. The van der Waals surface area contributed by atoms with Crippen LogP contribution in [0.4, 0.5) is 10.5 Å². The third-order valence-electron chi connectivity index (χ3n) is 4.69. The molecule has 0 aliphatic carbocycles. The molecule has 1 unspecified atom stereocenters. The Kier molecular flexibility index (Phi) is 10.7. The number of anilines is 1. The Balaban J connectivity index is 3.18. The molecular formula is C23H41N2O6P. The number of carbonyl (C=O) groups excluding carboxylic acids is 1. The summed E-state index contributed by atoms with van der Waals surface area (Å²) in [6.07, 6.45) is 0.186. The number of nitrogens with two attached hydrogens (primary N) is 1. The standard InChI is InChI=1S/C23H41N2O6P/c1-9-28-23(8,29-10-2)31-32(27,11-3)16-20(25-21(26)30-22(5,6)7)15-18-14-19(24)13-12-17(18)4/h12-14,20H,9-11,15-16,24H2,1-8H3,(H,25,26)/t20-,32?/m1/s1. The van der Waals surface area contributed by atoms with Gasteiger partial charge in [-0.15, -0.1) is 0 Å². The number of ether oxygens (including phenoxy) is 3. The number of rotatable bonds is 12. The lowest BCUT2D eigenvalue weighted by atomic mass is 10.0. The van der Waals surface area contributed by atoms with Gasteiger partial charge in [-0.05, 0) is 71.2 Å². The lowest BCUT2D eigenvalue weighted by Gasteiger charge is -2.34. The van der Waals surface area contributed by atoms with Gasteiger partial charge in [-0.2, -0.15) is 0 Å². The summed E-state index contributed by atoms with van der Waals surface area (Å²) >= 11 is 0. The number of carbonyl (C=O) groups is 1. The Morgan fingerprint density at radius 1 is 1.12 bits per heavy atom. The van der Waals surface area contributed by atoms with Crippen molar-refractivity contribution in [3.05, 3.63) is 29.3 Å². The lowest BCUT2D eigenvalue weighted by molar-refractivity contribution is -0.328. The molecule has 0 aromatic heterocycles. The van der Waals surface area contributed by atoms with Crippen molar-refractivity contribution < 1.29 is 28.1 Å². The summed E-state index contributed by atoms with van der Waals surface area (Å²) in [4.78, 5) is 12.5. The molecule has 32 heavy (non-hydrogen) atoms. The molecule has 9 heteroatoms. The molecular weight excluding hydrogens is 431 g/mol. The molecule has 0 saturated carbocycles. The largest absolute Gasteiger partial charge is 0.444 e. The molecule has 1 rings (SSSR count). The molecule has 0 radical (unpaired) electrons. The number of aryl methyl sites for hydroxylation is 1. The summed E-state index contributed by atoms with van der Waals surface area (Å²) in [6, 6.07) is 5.10. The predicted octanol–water partition coefficient (Wildman–Crippen LogP) is 5.07. The van der Waals surface area contributed by atoms with Crippen molar-refractivity contribution in [1.82, 2.24) is 5.32 Å². The second kappa shape index (κ2) is 12.0. The van der Waals surface area contributed by atoms with Gasteiger partial charge in [0, 0.05) is 44.2 Å². The van der Waals surface area contributed by atoms with Crippen LogP contribution in [0.2, 0.25) is 0 Å². The Morgan fingerprint density at radius 2 is 1.72 bits per heavy atom. The average Bonchev–Trinajstić information content (AvgIpc) is 2.63. The molecule has 0 fully saturated rings. The first-order valence-electron chi connectivity index (χ1n) is 11.2. The number of nitrogen functional groups attached to an aromatic ring is 1. The van der Waals surface area contributed by atoms with Crippen LogP contribution in [0.25, 0.3) is 0 Å². The zero-order chi connectivity index (χ0) is 24.6. The minimum absolute atomic E-state index is 0.0900. The zero-order valence-corrected chi connectivity index (χ0v) is 21.7. The quantitative estimate of drug-likeness (QED) is 0.248. The highest BCUT2D eigenvalue weighted by molar-refractivity contribution is 7.59. The van der Waals surface area contributed by atoms with Crippen LogP contribution in [0.5, 0.6) is 0 Å². The third kappa shape index (κ3) is 9.90.